The third-order valence-corrected chi connectivity index (χ3v) is 3.57. The molecule has 1 aliphatic rings. The summed E-state index contributed by atoms with van der Waals surface area (Å²) in [5.41, 5.74) is 0.821. The van der Waals surface area contributed by atoms with Crippen molar-refractivity contribution in [3.8, 4) is 0 Å². The molecule has 1 fully saturated rings. The van der Waals surface area contributed by atoms with Crippen molar-refractivity contribution in [3.05, 3.63) is 0 Å². The Balaban J connectivity index is 2.49. The highest BCUT2D eigenvalue weighted by Crippen LogP contribution is 2.30. The molecule has 84 valence electrons. The maximum atomic E-state index is 3.43. The van der Waals surface area contributed by atoms with Gasteiger partial charge in [0.15, 0.2) is 0 Å². The summed E-state index contributed by atoms with van der Waals surface area (Å²) in [6.45, 7) is 12.9. The van der Waals surface area contributed by atoms with Gasteiger partial charge in [0.05, 0.1) is 0 Å². The van der Waals surface area contributed by atoms with Gasteiger partial charge >= 0.3 is 0 Å². The van der Waals surface area contributed by atoms with Gasteiger partial charge in [-0.1, -0.05) is 6.92 Å². The van der Waals surface area contributed by atoms with E-state index in [1.54, 1.807) is 0 Å². The van der Waals surface area contributed by atoms with Crippen LogP contribution in [0.25, 0.3) is 0 Å². The van der Waals surface area contributed by atoms with Crippen LogP contribution in [0.3, 0.4) is 0 Å². The fraction of sp³-hybridized carbons (Fsp3) is 1.00. The number of nitrogens with one attached hydrogen (secondary N) is 1. The summed E-state index contributed by atoms with van der Waals surface area (Å²) in [4.78, 5) is 2.48. The molecule has 2 heteroatoms. The molecule has 0 aliphatic carbocycles. The lowest BCUT2D eigenvalue weighted by Crippen LogP contribution is -2.47. The zero-order valence-corrected chi connectivity index (χ0v) is 10.5. The van der Waals surface area contributed by atoms with Gasteiger partial charge in [0.2, 0.25) is 0 Å². The zero-order valence-electron chi connectivity index (χ0n) is 10.5. The van der Waals surface area contributed by atoms with Crippen LogP contribution in [-0.2, 0) is 0 Å². The molecule has 2 nitrogen and oxygen atoms in total. The number of rotatable bonds is 2. The van der Waals surface area contributed by atoms with E-state index >= 15 is 0 Å². The third-order valence-electron chi connectivity index (χ3n) is 3.57. The Hall–Kier alpha value is -0.0800. The maximum Gasteiger partial charge on any atom is 0.0122 e. The molecule has 1 rings (SSSR count). The molecule has 14 heavy (non-hydrogen) atoms. The Bertz CT molecular complexity index is 175. The van der Waals surface area contributed by atoms with Crippen molar-refractivity contribution in [1.29, 1.82) is 0 Å². The Morgan fingerprint density at radius 1 is 1.21 bits per heavy atom. The van der Waals surface area contributed by atoms with Crippen molar-refractivity contribution in [2.75, 3.05) is 26.7 Å². The molecule has 0 aromatic heterocycles. The first-order chi connectivity index (χ1) is 6.33. The van der Waals surface area contributed by atoms with E-state index in [1.165, 1.54) is 32.5 Å². The van der Waals surface area contributed by atoms with Crippen LogP contribution in [0.2, 0.25) is 0 Å². The standard InChI is InChI=1S/C12H26N2/c1-11(2,3)14(5)10-12(4)6-8-13-9-7-12/h13H,6-10H2,1-5H3. The van der Waals surface area contributed by atoms with Crippen LogP contribution < -0.4 is 5.32 Å². The molecule has 0 unspecified atom stereocenters. The van der Waals surface area contributed by atoms with E-state index in [2.05, 4.69) is 45.0 Å². The minimum atomic E-state index is 0.299. The number of hydrogen-bond acceptors (Lipinski definition) is 2. The molecule has 0 radical (unpaired) electrons. The topological polar surface area (TPSA) is 15.3 Å². The van der Waals surface area contributed by atoms with Crippen molar-refractivity contribution in [3.63, 3.8) is 0 Å². The Morgan fingerprint density at radius 3 is 2.14 bits per heavy atom. The van der Waals surface area contributed by atoms with E-state index in [0.29, 0.717) is 11.0 Å². The van der Waals surface area contributed by atoms with Crippen LogP contribution in [0.1, 0.15) is 40.5 Å². The average molecular weight is 198 g/mol. The van der Waals surface area contributed by atoms with Gasteiger partial charge in [-0.25, -0.2) is 0 Å². The Kier molecular flexibility index (Phi) is 3.59. The second-order valence-corrected chi connectivity index (χ2v) is 6.09. The molecule has 1 heterocycles. The predicted molar refractivity (Wildman–Crippen MR) is 62.6 cm³/mol. The van der Waals surface area contributed by atoms with E-state index in [-0.39, 0.29) is 0 Å². The molecule has 1 saturated heterocycles. The van der Waals surface area contributed by atoms with Crippen molar-refractivity contribution >= 4 is 0 Å². The van der Waals surface area contributed by atoms with E-state index in [1.807, 2.05) is 0 Å². The molecular weight excluding hydrogens is 172 g/mol. The Labute approximate surface area is 89.1 Å². The molecule has 0 amide bonds. The van der Waals surface area contributed by atoms with Gasteiger partial charge in [0.25, 0.3) is 0 Å². The molecular formula is C12H26N2. The van der Waals surface area contributed by atoms with Crippen LogP contribution in [0.15, 0.2) is 0 Å². The highest BCUT2D eigenvalue weighted by molar-refractivity contribution is 4.86. The second kappa shape index (κ2) is 4.19. The minimum Gasteiger partial charge on any atom is -0.317 e. The van der Waals surface area contributed by atoms with Crippen LogP contribution in [0.5, 0.6) is 0 Å². The smallest absolute Gasteiger partial charge is 0.0122 e. The van der Waals surface area contributed by atoms with Gasteiger partial charge in [0.1, 0.15) is 0 Å². The molecule has 0 aromatic rings. The highest BCUT2D eigenvalue weighted by Gasteiger charge is 2.30. The molecule has 0 atom stereocenters. The number of hydrogen-bond donors (Lipinski definition) is 1. The van der Waals surface area contributed by atoms with Gasteiger partial charge in [0, 0.05) is 12.1 Å². The lowest BCUT2D eigenvalue weighted by Gasteiger charge is -2.42. The van der Waals surface area contributed by atoms with Crippen molar-refractivity contribution in [1.82, 2.24) is 10.2 Å². The summed E-state index contributed by atoms with van der Waals surface area (Å²) < 4.78 is 0. The third kappa shape index (κ3) is 3.25. The summed E-state index contributed by atoms with van der Waals surface area (Å²) in [7, 11) is 2.24. The maximum absolute atomic E-state index is 3.43. The SMILES string of the molecule is CN(CC1(C)CCNCC1)C(C)(C)C. The van der Waals surface area contributed by atoms with Gasteiger partial charge in [-0.05, 0) is 59.2 Å². The minimum absolute atomic E-state index is 0.299. The largest absolute Gasteiger partial charge is 0.317 e. The van der Waals surface area contributed by atoms with Crippen LogP contribution in [0, 0.1) is 5.41 Å². The van der Waals surface area contributed by atoms with Crippen LogP contribution >= 0.6 is 0 Å². The van der Waals surface area contributed by atoms with Crippen molar-refractivity contribution in [2.45, 2.75) is 46.1 Å². The number of piperidine rings is 1. The summed E-state index contributed by atoms with van der Waals surface area (Å²) in [6, 6.07) is 0. The van der Waals surface area contributed by atoms with Gasteiger partial charge in [-0.3, -0.25) is 0 Å². The van der Waals surface area contributed by atoms with E-state index < -0.39 is 0 Å². The highest BCUT2D eigenvalue weighted by atomic mass is 15.2. The van der Waals surface area contributed by atoms with Gasteiger partial charge in [-0.2, -0.15) is 0 Å². The van der Waals surface area contributed by atoms with Crippen molar-refractivity contribution in [2.24, 2.45) is 5.41 Å². The fourth-order valence-corrected chi connectivity index (χ4v) is 2.00. The van der Waals surface area contributed by atoms with Crippen LogP contribution in [0.4, 0.5) is 0 Å². The van der Waals surface area contributed by atoms with E-state index in [9.17, 15) is 0 Å². The molecule has 1 aliphatic heterocycles. The zero-order chi connectivity index (χ0) is 10.8. The number of nitrogens with zero attached hydrogens (tertiary/aromatic N) is 1. The average Bonchev–Trinajstić information content (AvgIpc) is 2.02. The first kappa shape index (κ1) is 12.0. The van der Waals surface area contributed by atoms with E-state index in [4.69, 9.17) is 0 Å². The predicted octanol–water partition coefficient (Wildman–Crippen LogP) is 2.11. The lowest BCUT2D eigenvalue weighted by atomic mass is 9.80. The molecule has 0 bridgehead atoms. The fourth-order valence-electron chi connectivity index (χ4n) is 2.00. The quantitative estimate of drug-likeness (QED) is 0.731. The summed E-state index contributed by atoms with van der Waals surface area (Å²) in [5.74, 6) is 0. The van der Waals surface area contributed by atoms with Gasteiger partial charge in [-0.15, -0.1) is 0 Å². The summed E-state index contributed by atoms with van der Waals surface area (Å²) in [5, 5.41) is 3.43. The molecule has 0 spiro atoms. The first-order valence-corrected chi connectivity index (χ1v) is 5.75. The second-order valence-electron chi connectivity index (χ2n) is 6.09. The van der Waals surface area contributed by atoms with E-state index in [0.717, 1.165) is 0 Å². The first-order valence-electron chi connectivity index (χ1n) is 5.75. The van der Waals surface area contributed by atoms with Crippen LogP contribution in [-0.4, -0.2) is 37.1 Å². The normalized spacial score (nSPS) is 22.7. The van der Waals surface area contributed by atoms with Crippen molar-refractivity contribution < 1.29 is 0 Å². The summed E-state index contributed by atoms with van der Waals surface area (Å²) >= 11 is 0. The molecule has 0 aromatic carbocycles. The molecule has 0 saturated carbocycles. The Morgan fingerprint density at radius 2 is 1.71 bits per heavy atom. The monoisotopic (exact) mass is 198 g/mol. The molecule has 1 N–H and O–H groups in total. The lowest BCUT2D eigenvalue weighted by molar-refractivity contribution is 0.0844. The van der Waals surface area contributed by atoms with Gasteiger partial charge < -0.3 is 10.2 Å². The summed E-state index contributed by atoms with van der Waals surface area (Å²) in [6.07, 6.45) is 2.63.